The number of rotatable bonds is 4. The third-order valence-corrected chi connectivity index (χ3v) is 3.55. The molecule has 1 aromatic carbocycles. The van der Waals surface area contributed by atoms with Crippen molar-refractivity contribution in [2.75, 3.05) is 31.1 Å². The predicted octanol–water partition coefficient (Wildman–Crippen LogP) is 1.53. The highest BCUT2D eigenvalue weighted by Crippen LogP contribution is 2.23. The number of amides is 2. The van der Waals surface area contributed by atoms with E-state index in [0.29, 0.717) is 29.4 Å². The molecule has 1 saturated heterocycles. The third-order valence-electron chi connectivity index (χ3n) is 2.52. The van der Waals surface area contributed by atoms with Crippen molar-refractivity contribution in [3.05, 3.63) is 24.0 Å². The van der Waals surface area contributed by atoms with Crippen molar-refractivity contribution in [2.24, 2.45) is 0 Å². The van der Waals surface area contributed by atoms with E-state index in [0.717, 1.165) is 6.54 Å². The number of thioether (sulfide) groups is 1. The van der Waals surface area contributed by atoms with Crippen LogP contribution in [0.15, 0.2) is 23.1 Å². The fourth-order valence-electron chi connectivity index (χ4n) is 1.62. The van der Waals surface area contributed by atoms with Gasteiger partial charge in [0, 0.05) is 36.0 Å². The maximum absolute atomic E-state index is 13.4. The highest BCUT2D eigenvalue weighted by Gasteiger charge is 2.18. The Hall–Kier alpha value is -1.43. The fourth-order valence-corrected chi connectivity index (χ4v) is 2.52. The predicted molar refractivity (Wildman–Crippen MR) is 66.5 cm³/mol. The van der Waals surface area contributed by atoms with Crippen LogP contribution >= 0.6 is 11.8 Å². The van der Waals surface area contributed by atoms with E-state index < -0.39 is 0 Å². The molecule has 1 aliphatic rings. The van der Waals surface area contributed by atoms with E-state index in [1.807, 2.05) is 0 Å². The molecule has 4 nitrogen and oxygen atoms in total. The molecular weight excluding hydrogens is 241 g/mol. The number of halogens is 1. The Morgan fingerprint density at radius 3 is 3.00 bits per heavy atom. The first-order chi connectivity index (χ1) is 8.16. The van der Waals surface area contributed by atoms with Gasteiger partial charge in [0.2, 0.25) is 0 Å². The van der Waals surface area contributed by atoms with Crippen molar-refractivity contribution in [1.29, 1.82) is 0 Å². The molecule has 1 aliphatic heterocycles. The topological polar surface area (TPSA) is 58.4 Å². The number of hydrogen-bond acceptors (Lipinski definition) is 3. The van der Waals surface area contributed by atoms with E-state index in [2.05, 4.69) is 5.32 Å². The van der Waals surface area contributed by atoms with Gasteiger partial charge in [0.05, 0.1) is 0 Å². The number of anilines is 1. The fraction of sp³-hybridized carbons (Fsp3) is 0.364. The standard InChI is InChI=1S/C11H14FN3OS/c12-9-7-8(13)1-2-10(9)17-6-5-15-4-3-14-11(15)16/h1-2,7H,3-6,13H2,(H,14,16). The van der Waals surface area contributed by atoms with Crippen LogP contribution in [-0.4, -0.2) is 36.3 Å². The van der Waals surface area contributed by atoms with Crippen molar-refractivity contribution in [3.63, 3.8) is 0 Å². The van der Waals surface area contributed by atoms with Gasteiger partial charge in [-0.1, -0.05) is 0 Å². The molecule has 0 spiro atoms. The minimum Gasteiger partial charge on any atom is -0.399 e. The van der Waals surface area contributed by atoms with Crippen LogP contribution in [0.4, 0.5) is 14.9 Å². The molecule has 2 rings (SSSR count). The minimum absolute atomic E-state index is 0.0385. The van der Waals surface area contributed by atoms with Gasteiger partial charge in [0.15, 0.2) is 0 Å². The van der Waals surface area contributed by atoms with Gasteiger partial charge in [-0.2, -0.15) is 0 Å². The van der Waals surface area contributed by atoms with Gasteiger partial charge in [0.25, 0.3) is 0 Å². The molecule has 0 aliphatic carbocycles. The lowest BCUT2D eigenvalue weighted by Gasteiger charge is -2.13. The van der Waals surface area contributed by atoms with Crippen LogP contribution in [0.3, 0.4) is 0 Å². The molecule has 1 aromatic rings. The second-order valence-electron chi connectivity index (χ2n) is 3.76. The maximum Gasteiger partial charge on any atom is 0.317 e. The van der Waals surface area contributed by atoms with Gasteiger partial charge in [-0.25, -0.2) is 9.18 Å². The number of hydrogen-bond donors (Lipinski definition) is 2. The van der Waals surface area contributed by atoms with Crippen LogP contribution in [0.5, 0.6) is 0 Å². The summed E-state index contributed by atoms with van der Waals surface area (Å²) in [5, 5.41) is 2.72. The third kappa shape index (κ3) is 3.03. The SMILES string of the molecule is Nc1ccc(SCCN2CCNC2=O)c(F)c1. The molecule has 92 valence electrons. The minimum atomic E-state index is -0.305. The molecular formula is C11H14FN3OS. The quantitative estimate of drug-likeness (QED) is 0.633. The van der Waals surface area contributed by atoms with Crippen molar-refractivity contribution in [1.82, 2.24) is 10.2 Å². The molecule has 1 fully saturated rings. The number of urea groups is 1. The number of nitrogens with two attached hydrogens (primary N) is 1. The lowest BCUT2D eigenvalue weighted by atomic mass is 10.3. The smallest absolute Gasteiger partial charge is 0.317 e. The van der Waals surface area contributed by atoms with Crippen molar-refractivity contribution < 1.29 is 9.18 Å². The van der Waals surface area contributed by atoms with Crippen LogP contribution in [0.25, 0.3) is 0 Å². The summed E-state index contributed by atoms with van der Waals surface area (Å²) in [5.74, 6) is 0.370. The maximum atomic E-state index is 13.4. The molecule has 0 atom stereocenters. The van der Waals surface area contributed by atoms with E-state index in [4.69, 9.17) is 5.73 Å². The van der Waals surface area contributed by atoms with E-state index in [1.165, 1.54) is 17.8 Å². The Balaban J connectivity index is 1.83. The van der Waals surface area contributed by atoms with Gasteiger partial charge >= 0.3 is 6.03 Å². The molecule has 17 heavy (non-hydrogen) atoms. The van der Waals surface area contributed by atoms with E-state index in [-0.39, 0.29) is 11.8 Å². The number of nitrogens with one attached hydrogen (secondary N) is 1. The summed E-state index contributed by atoms with van der Waals surface area (Å²) in [7, 11) is 0. The Bertz CT molecular complexity index is 427. The van der Waals surface area contributed by atoms with Gasteiger partial charge in [-0.3, -0.25) is 0 Å². The lowest BCUT2D eigenvalue weighted by Crippen LogP contribution is -2.30. The Morgan fingerprint density at radius 2 is 2.35 bits per heavy atom. The van der Waals surface area contributed by atoms with Crippen LogP contribution in [0.2, 0.25) is 0 Å². The van der Waals surface area contributed by atoms with Gasteiger partial charge in [0.1, 0.15) is 5.82 Å². The van der Waals surface area contributed by atoms with Crippen LogP contribution < -0.4 is 11.1 Å². The van der Waals surface area contributed by atoms with E-state index >= 15 is 0 Å². The average Bonchev–Trinajstić information content (AvgIpc) is 2.68. The number of nitrogen functional groups attached to an aromatic ring is 1. The van der Waals surface area contributed by atoms with E-state index in [1.54, 1.807) is 17.0 Å². The highest BCUT2D eigenvalue weighted by atomic mass is 32.2. The monoisotopic (exact) mass is 255 g/mol. The molecule has 6 heteroatoms. The molecule has 0 unspecified atom stereocenters. The molecule has 1 heterocycles. The molecule has 2 amide bonds. The number of nitrogens with zero attached hydrogens (tertiary/aromatic N) is 1. The number of benzene rings is 1. The first-order valence-corrected chi connectivity index (χ1v) is 6.36. The van der Waals surface area contributed by atoms with Gasteiger partial charge < -0.3 is 16.0 Å². The summed E-state index contributed by atoms with van der Waals surface area (Å²) in [4.78, 5) is 13.5. The summed E-state index contributed by atoms with van der Waals surface area (Å²) >= 11 is 1.39. The molecule has 0 saturated carbocycles. The van der Waals surface area contributed by atoms with Crippen molar-refractivity contribution in [3.8, 4) is 0 Å². The van der Waals surface area contributed by atoms with Crippen molar-refractivity contribution in [2.45, 2.75) is 4.90 Å². The molecule has 0 radical (unpaired) electrons. The zero-order valence-electron chi connectivity index (χ0n) is 9.28. The number of carbonyl (C=O) groups excluding carboxylic acids is 1. The van der Waals surface area contributed by atoms with Crippen LogP contribution in [0, 0.1) is 5.82 Å². The second-order valence-corrected chi connectivity index (χ2v) is 4.89. The first-order valence-electron chi connectivity index (χ1n) is 5.37. The Morgan fingerprint density at radius 1 is 1.53 bits per heavy atom. The second kappa shape index (κ2) is 5.27. The Kier molecular flexibility index (Phi) is 3.73. The highest BCUT2D eigenvalue weighted by molar-refractivity contribution is 7.99. The summed E-state index contributed by atoms with van der Waals surface area (Å²) in [6, 6.07) is 4.61. The zero-order valence-corrected chi connectivity index (χ0v) is 10.1. The summed E-state index contributed by atoms with van der Waals surface area (Å²) in [6.07, 6.45) is 0. The first kappa shape index (κ1) is 12.0. The van der Waals surface area contributed by atoms with Gasteiger partial charge in [-0.15, -0.1) is 11.8 Å². The summed E-state index contributed by atoms with van der Waals surface area (Å²) in [5.41, 5.74) is 5.89. The largest absolute Gasteiger partial charge is 0.399 e. The lowest BCUT2D eigenvalue weighted by molar-refractivity contribution is 0.220. The normalized spacial score (nSPS) is 15.1. The summed E-state index contributed by atoms with van der Waals surface area (Å²) in [6.45, 7) is 2.05. The van der Waals surface area contributed by atoms with Crippen molar-refractivity contribution >= 4 is 23.5 Å². The summed E-state index contributed by atoms with van der Waals surface area (Å²) < 4.78 is 13.4. The van der Waals surface area contributed by atoms with Crippen LogP contribution in [-0.2, 0) is 0 Å². The van der Waals surface area contributed by atoms with Crippen LogP contribution in [0.1, 0.15) is 0 Å². The van der Waals surface area contributed by atoms with E-state index in [9.17, 15) is 9.18 Å². The Labute approximate surface area is 103 Å². The van der Waals surface area contributed by atoms with Gasteiger partial charge in [-0.05, 0) is 18.2 Å². The molecule has 3 N–H and O–H groups in total. The molecule has 0 bridgehead atoms. The number of carbonyl (C=O) groups is 1. The average molecular weight is 255 g/mol. The molecule has 0 aromatic heterocycles. The zero-order chi connectivity index (χ0) is 12.3.